The highest BCUT2D eigenvalue weighted by Gasteiger charge is 2.35. The number of halogens is 1. The van der Waals surface area contributed by atoms with Gasteiger partial charge < -0.3 is 9.47 Å². The van der Waals surface area contributed by atoms with E-state index in [2.05, 4.69) is 5.92 Å². The molecule has 5 nitrogen and oxygen atoms in total. The van der Waals surface area contributed by atoms with Crippen LogP contribution in [0.1, 0.15) is 16.7 Å². The predicted octanol–water partition coefficient (Wildman–Crippen LogP) is 4.91. The molecule has 7 heteroatoms. The number of ether oxygens (including phenoxy) is 2. The molecule has 1 fully saturated rings. The van der Waals surface area contributed by atoms with Crippen LogP contribution in [0.4, 0.5) is 4.79 Å². The van der Waals surface area contributed by atoms with Gasteiger partial charge in [0.05, 0.1) is 23.6 Å². The molecule has 0 N–H and O–H groups in total. The van der Waals surface area contributed by atoms with Crippen molar-refractivity contribution in [3.8, 4) is 23.8 Å². The van der Waals surface area contributed by atoms with Crippen LogP contribution in [-0.4, -0.2) is 29.8 Å². The lowest BCUT2D eigenvalue weighted by Gasteiger charge is -2.13. The highest BCUT2D eigenvalue weighted by Crippen LogP contribution is 2.39. The number of imide groups is 1. The van der Waals surface area contributed by atoms with Crippen molar-refractivity contribution in [1.29, 1.82) is 0 Å². The molecule has 1 aliphatic heterocycles. The van der Waals surface area contributed by atoms with Crippen LogP contribution in [0.5, 0.6) is 11.5 Å². The molecule has 29 heavy (non-hydrogen) atoms. The molecule has 1 heterocycles. The van der Waals surface area contributed by atoms with Crippen LogP contribution in [-0.2, 0) is 11.3 Å². The number of carbonyl (C=O) groups excluding carboxylic acids is 2. The summed E-state index contributed by atoms with van der Waals surface area (Å²) in [6.45, 7) is 2.24. The Bertz CT molecular complexity index is 1040. The third kappa shape index (κ3) is 4.76. The zero-order chi connectivity index (χ0) is 21.0. The minimum atomic E-state index is -0.343. The van der Waals surface area contributed by atoms with Crippen molar-refractivity contribution in [2.45, 2.75) is 13.5 Å². The number of rotatable bonds is 6. The number of carbonyl (C=O) groups is 2. The van der Waals surface area contributed by atoms with Crippen LogP contribution in [0.15, 0.2) is 41.3 Å². The fraction of sp³-hybridized carbons (Fsp3) is 0.182. The molecule has 0 atom stereocenters. The SMILES string of the molecule is C#CCOc1c(Cl)cc(/C=C2\SC(=O)N(Cc3cccc(C)c3)C2=O)cc1OC. The molecule has 0 bridgehead atoms. The second-order valence-electron chi connectivity index (χ2n) is 6.28. The molecule has 0 aromatic heterocycles. The topological polar surface area (TPSA) is 55.8 Å². The molecule has 0 spiro atoms. The fourth-order valence-electron chi connectivity index (χ4n) is 2.86. The minimum Gasteiger partial charge on any atom is -0.493 e. The third-order valence-electron chi connectivity index (χ3n) is 4.15. The smallest absolute Gasteiger partial charge is 0.293 e. The van der Waals surface area contributed by atoms with Crippen LogP contribution in [0.2, 0.25) is 5.02 Å². The molecule has 0 unspecified atom stereocenters. The normalized spacial score (nSPS) is 15.0. The van der Waals surface area contributed by atoms with Crippen LogP contribution >= 0.6 is 23.4 Å². The number of nitrogens with zero attached hydrogens (tertiary/aromatic N) is 1. The maximum atomic E-state index is 12.8. The highest BCUT2D eigenvalue weighted by atomic mass is 35.5. The molecule has 0 aliphatic carbocycles. The zero-order valence-corrected chi connectivity index (χ0v) is 17.5. The number of hydrogen-bond acceptors (Lipinski definition) is 5. The number of hydrogen-bond donors (Lipinski definition) is 0. The maximum Gasteiger partial charge on any atom is 0.293 e. The molecule has 3 rings (SSSR count). The van der Waals surface area contributed by atoms with E-state index in [1.807, 2.05) is 31.2 Å². The Kier molecular flexibility index (Phi) is 6.53. The molecule has 1 saturated heterocycles. The highest BCUT2D eigenvalue weighted by molar-refractivity contribution is 8.18. The zero-order valence-electron chi connectivity index (χ0n) is 15.9. The number of benzene rings is 2. The van der Waals surface area contributed by atoms with E-state index in [9.17, 15) is 9.59 Å². The van der Waals surface area contributed by atoms with E-state index in [1.165, 1.54) is 12.0 Å². The average molecular weight is 428 g/mol. The summed E-state index contributed by atoms with van der Waals surface area (Å²) < 4.78 is 10.7. The number of aryl methyl sites for hydroxylation is 1. The van der Waals surface area contributed by atoms with Crippen molar-refractivity contribution in [2.24, 2.45) is 0 Å². The summed E-state index contributed by atoms with van der Waals surface area (Å²) in [5.41, 5.74) is 2.58. The van der Waals surface area contributed by atoms with E-state index in [0.29, 0.717) is 27.0 Å². The van der Waals surface area contributed by atoms with E-state index < -0.39 is 0 Å². The lowest BCUT2D eigenvalue weighted by atomic mass is 10.1. The maximum absolute atomic E-state index is 12.8. The van der Waals surface area contributed by atoms with E-state index in [4.69, 9.17) is 27.5 Å². The van der Waals surface area contributed by atoms with Gasteiger partial charge in [0.15, 0.2) is 11.5 Å². The molecule has 0 radical (unpaired) electrons. The van der Waals surface area contributed by atoms with Crippen molar-refractivity contribution in [2.75, 3.05) is 13.7 Å². The first-order valence-corrected chi connectivity index (χ1v) is 9.87. The molecule has 1 aliphatic rings. The summed E-state index contributed by atoms with van der Waals surface area (Å²) in [4.78, 5) is 26.7. The van der Waals surface area contributed by atoms with E-state index >= 15 is 0 Å². The molecule has 2 aromatic rings. The first kappa shape index (κ1) is 20.8. The van der Waals surface area contributed by atoms with Gasteiger partial charge >= 0.3 is 0 Å². The monoisotopic (exact) mass is 427 g/mol. The van der Waals surface area contributed by atoms with Gasteiger partial charge in [-0.3, -0.25) is 14.5 Å². The van der Waals surface area contributed by atoms with Crippen molar-refractivity contribution < 1.29 is 19.1 Å². The fourth-order valence-corrected chi connectivity index (χ4v) is 3.97. The quantitative estimate of drug-likeness (QED) is 0.484. The standard InChI is InChI=1S/C22H18ClNO4S/c1-4-8-28-20-17(23)10-16(11-18(20)27-3)12-19-21(25)24(22(26)29-19)13-15-7-5-6-14(2)9-15/h1,5-7,9-12H,8,13H2,2-3H3/b19-12-. The van der Waals surface area contributed by atoms with Crippen LogP contribution in [0.3, 0.4) is 0 Å². The Hall–Kier alpha value is -2.88. The Balaban J connectivity index is 1.85. The van der Waals surface area contributed by atoms with Crippen LogP contribution < -0.4 is 9.47 Å². The van der Waals surface area contributed by atoms with Gasteiger partial charge in [-0.1, -0.05) is 47.4 Å². The van der Waals surface area contributed by atoms with Gasteiger partial charge in [0, 0.05) is 0 Å². The summed E-state index contributed by atoms with van der Waals surface area (Å²) in [7, 11) is 1.48. The Morgan fingerprint density at radius 3 is 2.76 bits per heavy atom. The van der Waals surface area contributed by atoms with Gasteiger partial charge in [-0.2, -0.15) is 0 Å². The van der Waals surface area contributed by atoms with Crippen molar-refractivity contribution in [1.82, 2.24) is 4.90 Å². The lowest BCUT2D eigenvalue weighted by molar-refractivity contribution is -0.123. The van der Waals surface area contributed by atoms with E-state index in [0.717, 1.165) is 22.9 Å². The van der Waals surface area contributed by atoms with Crippen molar-refractivity contribution >= 4 is 40.6 Å². The molecule has 148 valence electrons. The minimum absolute atomic E-state index is 0.0489. The van der Waals surface area contributed by atoms with Gasteiger partial charge in [-0.05, 0) is 48.0 Å². The van der Waals surface area contributed by atoms with Gasteiger partial charge in [0.1, 0.15) is 6.61 Å². The van der Waals surface area contributed by atoms with Gasteiger partial charge in [0.2, 0.25) is 0 Å². The number of terminal acetylenes is 1. The number of methoxy groups -OCH3 is 1. The summed E-state index contributed by atoms with van der Waals surface area (Å²) in [6, 6.07) is 11.0. The Morgan fingerprint density at radius 1 is 1.28 bits per heavy atom. The number of thioether (sulfide) groups is 1. The third-order valence-corrected chi connectivity index (χ3v) is 5.33. The van der Waals surface area contributed by atoms with Gasteiger partial charge in [-0.25, -0.2) is 0 Å². The first-order chi connectivity index (χ1) is 13.9. The van der Waals surface area contributed by atoms with E-state index in [-0.39, 0.29) is 24.3 Å². The van der Waals surface area contributed by atoms with Crippen molar-refractivity contribution in [3.05, 3.63) is 63.0 Å². The molecular formula is C22H18ClNO4S. The molecular weight excluding hydrogens is 410 g/mol. The lowest BCUT2D eigenvalue weighted by Crippen LogP contribution is -2.27. The molecule has 2 amide bonds. The second kappa shape index (κ2) is 9.08. The largest absolute Gasteiger partial charge is 0.493 e. The van der Waals surface area contributed by atoms with Crippen molar-refractivity contribution in [3.63, 3.8) is 0 Å². The summed E-state index contributed by atoms with van der Waals surface area (Å²) in [6.07, 6.45) is 6.83. The van der Waals surface area contributed by atoms with Gasteiger partial charge in [-0.15, -0.1) is 6.42 Å². The first-order valence-electron chi connectivity index (χ1n) is 8.67. The predicted molar refractivity (Wildman–Crippen MR) is 115 cm³/mol. The van der Waals surface area contributed by atoms with Crippen LogP contribution in [0.25, 0.3) is 6.08 Å². The number of amides is 2. The summed E-state index contributed by atoms with van der Waals surface area (Å²) >= 11 is 7.17. The van der Waals surface area contributed by atoms with Gasteiger partial charge in [0.25, 0.3) is 11.1 Å². The summed E-state index contributed by atoms with van der Waals surface area (Å²) in [5, 5.41) is -0.0142. The molecule has 2 aromatic carbocycles. The molecule has 0 saturated carbocycles. The van der Waals surface area contributed by atoms with Crippen LogP contribution in [0, 0.1) is 19.3 Å². The second-order valence-corrected chi connectivity index (χ2v) is 7.68. The summed E-state index contributed by atoms with van der Waals surface area (Å²) in [5.74, 6) is 2.74. The van der Waals surface area contributed by atoms with E-state index in [1.54, 1.807) is 18.2 Å². The Labute approximate surface area is 178 Å². The Morgan fingerprint density at radius 2 is 2.07 bits per heavy atom. The average Bonchev–Trinajstić information content (AvgIpc) is 2.94.